The van der Waals surface area contributed by atoms with E-state index in [1.807, 2.05) is 41.3 Å². The van der Waals surface area contributed by atoms with E-state index in [4.69, 9.17) is 11.6 Å². The summed E-state index contributed by atoms with van der Waals surface area (Å²) in [6.07, 6.45) is 1.11. The minimum atomic E-state index is -0.126. The van der Waals surface area contributed by atoms with E-state index in [9.17, 15) is 9.59 Å². The Morgan fingerprint density at radius 3 is 2.55 bits per heavy atom. The van der Waals surface area contributed by atoms with E-state index in [0.717, 1.165) is 41.1 Å². The Bertz CT molecular complexity index is 1150. The lowest BCUT2D eigenvalue weighted by atomic mass is 10.0. The van der Waals surface area contributed by atoms with Gasteiger partial charge in [0, 0.05) is 73.0 Å². The van der Waals surface area contributed by atoms with Gasteiger partial charge in [-0.05, 0) is 42.3 Å². The number of anilines is 1. The molecule has 3 amide bonds. The van der Waals surface area contributed by atoms with Gasteiger partial charge in [0.1, 0.15) is 0 Å². The van der Waals surface area contributed by atoms with Crippen LogP contribution < -0.4 is 10.2 Å². The van der Waals surface area contributed by atoms with E-state index in [-0.39, 0.29) is 11.9 Å². The SMILES string of the molecule is O=C(CCNC(=O)N1CCc2c([nH]c3ccc(Cl)cc23)C1)N1CCN(c2ccccc2)CC1. The van der Waals surface area contributed by atoms with Crippen LogP contribution in [0.4, 0.5) is 10.5 Å². The second-order valence-electron chi connectivity index (χ2n) is 8.63. The average Bonchev–Trinajstić information content (AvgIpc) is 3.21. The maximum atomic E-state index is 12.7. The van der Waals surface area contributed by atoms with Gasteiger partial charge in [0.2, 0.25) is 5.91 Å². The molecule has 0 radical (unpaired) electrons. The number of nitrogens with one attached hydrogen (secondary N) is 2. The molecule has 0 bridgehead atoms. The van der Waals surface area contributed by atoms with E-state index in [1.165, 1.54) is 11.3 Å². The number of amides is 3. The molecule has 172 valence electrons. The Kier molecular flexibility index (Phi) is 6.13. The number of halogens is 1. The zero-order valence-electron chi connectivity index (χ0n) is 18.5. The highest BCUT2D eigenvalue weighted by atomic mass is 35.5. The van der Waals surface area contributed by atoms with Crippen LogP contribution in [0.15, 0.2) is 48.5 Å². The third-order valence-corrected chi connectivity index (χ3v) is 6.83. The second-order valence-corrected chi connectivity index (χ2v) is 9.07. The van der Waals surface area contributed by atoms with Crippen LogP contribution in [0.25, 0.3) is 10.9 Å². The van der Waals surface area contributed by atoms with Crippen LogP contribution in [0.1, 0.15) is 17.7 Å². The topological polar surface area (TPSA) is 71.7 Å². The number of para-hydroxylation sites is 1. The zero-order valence-corrected chi connectivity index (χ0v) is 19.3. The van der Waals surface area contributed by atoms with Crippen molar-refractivity contribution in [1.29, 1.82) is 0 Å². The first-order valence-corrected chi connectivity index (χ1v) is 11.9. The molecule has 2 N–H and O–H groups in total. The summed E-state index contributed by atoms with van der Waals surface area (Å²) in [5.74, 6) is 0.0939. The van der Waals surface area contributed by atoms with Crippen LogP contribution in [-0.4, -0.2) is 66.0 Å². The molecule has 7 nitrogen and oxygen atoms in total. The molecule has 33 heavy (non-hydrogen) atoms. The lowest BCUT2D eigenvalue weighted by Crippen LogP contribution is -2.49. The number of H-pyrrole nitrogens is 1. The van der Waals surface area contributed by atoms with Gasteiger partial charge < -0.3 is 25.0 Å². The quantitative estimate of drug-likeness (QED) is 0.618. The lowest BCUT2D eigenvalue weighted by molar-refractivity contribution is -0.131. The van der Waals surface area contributed by atoms with Gasteiger partial charge in [0.15, 0.2) is 0 Å². The normalized spacial score (nSPS) is 16.1. The number of piperazine rings is 1. The van der Waals surface area contributed by atoms with E-state index < -0.39 is 0 Å². The van der Waals surface area contributed by atoms with Crippen molar-refractivity contribution in [3.8, 4) is 0 Å². The number of aromatic nitrogens is 1. The molecule has 0 aliphatic carbocycles. The van der Waals surface area contributed by atoms with Gasteiger partial charge in [-0.25, -0.2) is 4.79 Å². The number of carbonyl (C=O) groups is 2. The molecule has 0 spiro atoms. The number of urea groups is 1. The smallest absolute Gasteiger partial charge is 0.317 e. The highest BCUT2D eigenvalue weighted by Gasteiger charge is 2.25. The number of aromatic amines is 1. The molecule has 1 saturated heterocycles. The van der Waals surface area contributed by atoms with Gasteiger partial charge >= 0.3 is 6.03 Å². The fourth-order valence-electron chi connectivity index (χ4n) is 4.79. The minimum absolute atomic E-state index is 0.0939. The summed E-state index contributed by atoms with van der Waals surface area (Å²) >= 11 is 6.15. The van der Waals surface area contributed by atoms with Crippen molar-refractivity contribution in [2.45, 2.75) is 19.4 Å². The van der Waals surface area contributed by atoms with Crippen molar-refractivity contribution in [1.82, 2.24) is 20.1 Å². The summed E-state index contributed by atoms with van der Waals surface area (Å²) in [7, 11) is 0. The van der Waals surface area contributed by atoms with Crippen LogP contribution in [-0.2, 0) is 17.8 Å². The predicted molar refractivity (Wildman–Crippen MR) is 131 cm³/mol. The summed E-state index contributed by atoms with van der Waals surface area (Å²) in [5, 5.41) is 4.78. The highest BCUT2D eigenvalue weighted by molar-refractivity contribution is 6.31. The molecule has 0 atom stereocenters. The number of rotatable bonds is 4. The number of fused-ring (bicyclic) bond motifs is 3. The molecule has 2 aliphatic rings. The van der Waals surface area contributed by atoms with Crippen molar-refractivity contribution in [3.05, 3.63) is 64.8 Å². The standard InChI is InChI=1S/C25H28ClN5O2/c26-18-6-7-22-21(16-18)20-9-11-31(17-23(20)28-22)25(33)27-10-8-24(32)30-14-12-29(13-15-30)19-4-2-1-3-5-19/h1-7,16,28H,8-15,17H2,(H,27,33). The molecule has 2 aliphatic heterocycles. The molecule has 1 aromatic heterocycles. The van der Waals surface area contributed by atoms with E-state index in [1.54, 1.807) is 4.90 Å². The molecule has 1 fully saturated rings. The summed E-state index contributed by atoms with van der Waals surface area (Å²) < 4.78 is 0. The van der Waals surface area contributed by atoms with Crippen molar-refractivity contribution < 1.29 is 9.59 Å². The average molecular weight is 466 g/mol. The zero-order chi connectivity index (χ0) is 22.8. The monoisotopic (exact) mass is 465 g/mol. The molecule has 2 aromatic carbocycles. The van der Waals surface area contributed by atoms with Crippen molar-refractivity contribution in [2.75, 3.05) is 44.2 Å². The van der Waals surface area contributed by atoms with Gasteiger partial charge in [-0.2, -0.15) is 0 Å². The highest BCUT2D eigenvalue weighted by Crippen LogP contribution is 2.29. The Hall–Kier alpha value is -3.19. The molecule has 8 heteroatoms. The Labute approximate surface area is 198 Å². The van der Waals surface area contributed by atoms with Gasteiger partial charge in [-0.1, -0.05) is 29.8 Å². The van der Waals surface area contributed by atoms with Crippen LogP contribution in [0.5, 0.6) is 0 Å². The summed E-state index contributed by atoms with van der Waals surface area (Å²) in [4.78, 5) is 34.7. The first-order chi connectivity index (χ1) is 16.1. The maximum Gasteiger partial charge on any atom is 0.317 e. The van der Waals surface area contributed by atoms with Gasteiger partial charge in [-0.15, -0.1) is 0 Å². The summed E-state index contributed by atoms with van der Waals surface area (Å²) in [6.45, 7) is 4.60. The first-order valence-electron chi connectivity index (χ1n) is 11.5. The van der Waals surface area contributed by atoms with E-state index in [2.05, 4.69) is 27.3 Å². The van der Waals surface area contributed by atoms with Gasteiger partial charge in [-0.3, -0.25) is 4.79 Å². The van der Waals surface area contributed by atoms with E-state index >= 15 is 0 Å². The molecule has 5 rings (SSSR count). The number of hydrogen-bond donors (Lipinski definition) is 2. The second kappa shape index (κ2) is 9.35. The third kappa shape index (κ3) is 4.64. The fraction of sp³-hybridized carbons (Fsp3) is 0.360. The van der Waals surface area contributed by atoms with Crippen LogP contribution in [0, 0.1) is 0 Å². The fourth-order valence-corrected chi connectivity index (χ4v) is 4.96. The van der Waals surface area contributed by atoms with Crippen molar-refractivity contribution >= 4 is 40.1 Å². The predicted octanol–water partition coefficient (Wildman–Crippen LogP) is 3.63. The largest absolute Gasteiger partial charge is 0.368 e. The molecule has 3 aromatic rings. The number of benzene rings is 2. The minimum Gasteiger partial charge on any atom is -0.368 e. The molecule has 0 saturated carbocycles. The lowest BCUT2D eigenvalue weighted by Gasteiger charge is -2.36. The van der Waals surface area contributed by atoms with Crippen molar-refractivity contribution in [2.24, 2.45) is 0 Å². The first kappa shape index (κ1) is 21.6. The third-order valence-electron chi connectivity index (χ3n) is 6.59. The van der Waals surface area contributed by atoms with Gasteiger partial charge in [0.25, 0.3) is 0 Å². The van der Waals surface area contributed by atoms with Crippen molar-refractivity contribution in [3.63, 3.8) is 0 Å². The molecular weight excluding hydrogens is 438 g/mol. The van der Waals surface area contributed by atoms with E-state index in [0.29, 0.717) is 39.1 Å². The number of hydrogen-bond acceptors (Lipinski definition) is 3. The Morgan fingerprint density at radius 1 is 0.970 bits per heavy atom. The molecular formula is C25H28ClN5O2. The Morgan fingerprint density at radius 2 is 1.76 bits per heavy atom. The van der Waals surface area contributed by atoms with Crippen LogP contribution in [0.2, 0.25) is 5.02 Å². The molecule has 3 heterocycles. The van der Waals surface area contributed by atoms with Crippen LogP contribution in [0.3, 0.4) is 0 Å². The number of carbonyl (C=O) groups excluding carboxylic acids is 2. The van der Waals surface area contributed by atoms with Gasteiger partial charge in [0.05, 0.1) is 6.54 Å². The summed E-state index contributed by atoms with van der Waals surface area (Å²) in [5.41, 5.74) is 4.53. The molecule has 0 unspecified atom stereocenters. The number of nitrogens with zero attached hydrogens (tertiary/aromatic N) is 3. The summed E-state index contributed by atoms with van der Waals surface area (Å²) in [6, 6.07) is 16.0. The van der Waals surface area contributed by atoms with Crippen LogP contribution >= 0.6 is 11.6 Å². The Balaban J connectivity index is 1.08. The maximum absolute atomic E-state index is 12.7.